The zero-order valence-electron chi connectivity index (χ0n) is 10.1. The van der Waals surface area contributed by atoms with E-state index in [1.807, 2.05) is 0 Å². The first-order valence-corrected chi connectivity index (χ1v) is 5.36. The van der Waals surface area contributed by atoms with Gasteiger partial charge in [-0.05, 0) is 20.9 Å². The highest BCUT2D eigenvalue weighted by Gasteiger charge is 2.22. The van der Waals surface area contributed by atoms with Crippen LogP contribution < -0.4 is 0 Å². The van der Waals surface area contributed by atoms with Crippen LogP contribution in [0.1, 0.15) is 0 Å². The SMILES string of the molecule is On1nnnc1-c1nc(-c2noc(-c3nnnn3O)n2)no1. The van der Waals surface area contributed by atoms with E-state index >= 15 is 0 Å². The van der Waals surface area contributed by atoms with Crippen LogP contribution in [0.4, 0.5) is 0 Å². The lowest BCUT2D eigenvalue weighted by Gasteiger charge is -1.86. The molecule has 0 aliphatic rings. The van der Waals surface area contributed by atoms with E-state index < -0.39 is 0 Å². The van der Waals surface area contributed by atoms with Crippen LogP contribution in [-0.2, 0) is 0 Å². The summed E-state index contributed by atoms with van der Waals surface area (Å²) in [4.78, 5) is 8.51. The van der Waals surface area contributed by atoms with Crippen LogP contribution in [0.25, 0.3) is 35.1 Å². The molecule has 0 saturated heterocycles. The van der Waals surface area contributed by atoms with Crippen LogP contribution in [0.15, 0.2) is 9.05 Å². The van der Waals surface area contributed by atoms with Crippen LogP contribution in [0.2, 0.25) is 0 Å². The lowest BCUT2D eigenvalue weighted by Crippen LogP contribution is -1.96. The van der Waals surface area contributed by atoms with Crippen molar-refractivity contribution in [3.63, 3.8) is 0 Å². The summed E-state index contributed by atoms with van der Waals surface area (Å²) >= 11 is 0. The molecular formula is C6H2N12O4. The highest BCUT2D eigenvalue weighted by Crippen LogP contribution is 2.20. The average molecular weight is 306 g/mol. The quantitative estimate of drug-likeness (QED) is 0.389. The maximum absolute atomic E-state index is 9.29. The van der Waals surface area contributed by atoms with Gasteiger partial charge in [0.15, 0.2) is 0 Å². The molecule has 4 heterocycles. The fourth-order valence-electron chi connectivity index (χ4n) is 1.43. The summed E-state index contributed by atoms with van der Waals surface area (Å²) in [6, 6.07) is 0. The second kappa shape index (κ2) is 4.26. The number of rotatable bonds is 3. The van der Waals surface area contributed by atoms with Gasteiger partial charge in [0, 0.05) is 0 Å². The maximum atomic E-state index is 9.29. The first-order chi connectivity index (χ1) is 10.7. The minimum absolute atomic E-state index is 0.0648. The molecule has 16 heteroatoms. The molecule has 0 spiro atoms. The summed E-state index contributed by atoms with van der Waals surface area (Å²) in [5, 5.41) is 45.6. The normalized spacial score (nSPS) is 11.1. The number of tetrazole rings is 2. The van der Waals surface area contributed by atoms with Gasteiger partial charge in [0.05, 0.1) is 0 Å². The van der Waals surface area contributed by atoms with Crippen molar-refractivity contribution in [1.82, 2.24) is 61.0 Å². The molecule has 0 bridgehead atoms. The first-order valence-electron chi connectivity index (χ1n) is 5.36. The van der Waals surface area contributed by atoms with Crippen molar-refractivity contribution in [2.75, 3.05) is 0 Å². The van der Waals surface area contributed by atoms with Gasteiger partial charge in [-0.25, -0.2) is 0 Å². The molecule has 0 aliphatic heterocycles. The average Bonchev–Trinajstić information content (AvgIpc) is 3.23. The molecule has 2 N–H and O–H groups in total. The van der Waals surface area contributed by atoms with Crippen LogP contribution in [0, 0.1) is 0 Å². The van der Waals surface area contributed by atoms with Gasteiger partial charge in [-0.2, -0.15) is 9.97 Å². The van der Waals surface area contributed by atoms with Crippen LogP contribution >= 0.6 is 0 Å². The Morgan fingerprint density at radius 1 is 0.727 bits per heavy atom. The Kier molecular flexibility index (Phi) is 2.29. The molecule has 0 radical (unpaired) electrons. The number of hydrogen-bond donors (Lipinski definition) is 2. The van der Waals surface area contributed by atoms with Crippen LogP contribution in [0.5, 0.6) is 0 Å². The standard InChI is InChI=1S/C6H2N12O4/c19-17-3(9-13-15-17)5-7-1(11-21-5)2-8-6(22-12-2)4-10-14-16-18(4)20/h19-20H. The van der Waals surface area contributed by atoms with E-state index in [4.69, 9.17) is 9.05 Å². The van der Waals surface area contributed by atoms with Crippen molar-refractivity contribution < 1.29 is 19.5 Å². The van der Waals surface area contributed by atoms with Gasteiger partial charge in [-0.15, -0.1) is 0 Å². The topological polar surface area (TPSA) is 206 Å². The lowest BCUT2D eigenvalue weighted by atomic mass is 10.5. The smallest absolute Gasteiger partial charge is 0.301 e. The summed E-state index contributed by atoms with van der Waals surface area (Å²) in [5.41, 5.74) is 0. The zero-order chi connectivity index (χ0) is 15.1. The Morgan fingerprint density at radius 2 is 1.18 bits per heavy atom. The molecule has 22 heavy (non-hydrogen) atoms. The Balaban J connectivity index is 1.69. The predicted molar refractivity (Wildman–Crippen MR) is 55.6 cm³/mol. The summed E-state index contributed by atoms with van der Waals surface area (Å²) in [6.45, 7) is 0. The van der Waals surface area contributed by atoms with Gasteiger partial charge in [0.1, 0.15) is 0 Å². The molecule has 0 aliphatic carbocycles. The number of nitrogens with zero attached hydrogens (tertiary/aromatic N) is 12. The third-order valence-electron chi connectivity index (χ3n) is 2.34. The zero-order valence-corrected chi connectivity index (χ0v) is 10.1. The van der Waals surface area contributed by atoms with E-state index in [1.165, 1.54) is 0 Å². The van der Waals surface area contributed by atoms with E-state index in [1.54, 1.807) is 0 Å². The second-order valence-electron chi connectivity index (χ2n) is 3.63. The van der Waals surface area contributed by atoms with Crippen molar-refractivity contribution in [2.24, 2.45) is 0 Å². The highest BCUT2D eigenvalue weighted by molar-refractivity contribution is 5.50. The molecular weight excluding hydrogens is 304 g/mol. The van der Waals surface area contributed by atoms with Gasteiger partial charge in [-0.1, -0.05) is 30.2 Å². The molecule has 0 amide bonds. The van der Waals surface area contributed by atoms with Crippen LogP contribution in [0.3, 0.4) is 0 Å². The van der Waals surface area contributed by atoms with Crippen molar-refractivity contribution in [3.8, 4) is 35.1 Å². The molecule has 0 atom stereocenters. The number of aromatic nitrogens is 12. The number of hydrogen-bond acceptors (Lipinski definition) is 14. The molecule has 0 saturated carbocycles. The van der Waals surface area contributed by atoms with E-state index in [2.05, 4.69) is 51.3 Å². The van der Waals surface area contributed by atoms with Gasteiger partial charge >= 0.3 is 11.8 Å². The fraction of sp³-hybridized carbons (Fsp3) is 0. The Morgan fingerprint density at radius 3 is 1.55 bits per heavy atom. The summed E-state index contributed by atoms with van der Waals surface area (Å²) in [5.74, 6) is -0.792. The van der Waals surface area contributed by atoms with Gasteiger partial charge < -0.3 is 19.5 Å². The first kappa shape index (κ1) is 11.8. The second-order valence-corrected chi connectivity index (χ2v) is 3.63. The van der Waals surface area contributed by atoms with Gasteiger partial charge in [0.2, 0.25) is 11.6 Å². The van der Waals surface area contributed by atoms with E-state index in [0.29, 0.717) is 9.69 Å². The summed E-state index contributed by atoms with van der Waals surface area (Å²) < 4.78 is 9.73. The molecule has 0 aromatic carbocycles. The fourth-order valence-corrected chi connectivity index (χ4v) is 1.43. The van der Waals surface area contributed by atoms with Crippen molar-refractivity contribution in [1.29, 1.82) is 0 Å². The Bertz CT molecular complexity index is 856. The van der Waals surface area contributed by atoms with E-state index in [-0.39, 0.29) is 35.1 Å². The van der Waals surface area contributed by atoms with Gasteiger partial charge in [-0.3, -0.25) is 0 Å². The minimum atomic E-state index is -0.166. The Labute approximate surface area is 116 Å². The monoisotopic (exact) mass is 306 g/mol. The largest absolute Gasteiger partial charge is 0.409 e. The molecule has 4 aromatic heterocycles. The summed E-state index contributed by atoms with van der Waals surface area (Å²) in [6.07, 6.45) is 0. The third-order valence-corrected chi connectivity index (χ3v) is 2.34. The van der Waals surface area contributed by atoms with E-state index in [0.717, 1.165) is 0 Å². The summed E-state index contributed by atoms with van der Waals surface area (Å²) in [7, 11) is 0. The highest BCUT2D eigenvalue weighted by atomic mass is 16.5. The molecule has 0 fully saturated rings. The molecule has 0 unspecified atom stereocenters. The molecule has 4 rings (SSSR count). The molecule has 4 aromatic rings. The molecule has 110 valence electrons. The third kappa shape index (κ3) is 1.71. The van der Waals surface area contributed by atoms with Crippen molar-refractivity contribution in [2.45, 2.75) is 0 Å². The minimum Gasteiger partial charge on any atom is -0.409 e. The predicted octanol–water partition coefficient (Wildman–Crippen LogP) is -2.10. The van der Waals surface area contributed by atoms with Crippen molar-refractivity contribution in [3.05, 3.63) is 0 Å². The van der Waals surface area contributed by atoms with Crippen LogP contribution in [-0.4, -0.2) is 71.4 Å². The maximum Gasteiger partial charge on any atom is 0.301 e. The lowest BCUT2D eigenvalue weighted by molar-refractivity contribution is 0.145. The Hall–Kier alpha value is -3.98. The van der Waals surface area contributed by atoms with Gasteiger partial charge in [0.25, 0.3) is 11.6 Å². The van der Waals surface area contributed by atoms with Crippen molar-refractivity contribution >= 4 is 0 Å². The molecule has 16 nitrogen and oxygen atoms in total. The van der Waals surface area contributed by atoms with E-state index in [9.17, 15) is 10.4 Å².